The van der Waals surface area contributed by atoms with Crippen molar-refractivity contribution in [1.82, 2.24) is 0 Å². The van der Waals surface area contributed by atoms with Crippen LogP contribution in [0, 0.1) is 0 Å². The molecule has 2 unspecified atom stereocenters. The number of alkyl halides is 1. The van der Waals surface area contributed by atoms with Crippen molar-refractivity contribution in [2.45, 2.75) is 18.6 Å². The van der Waals surface area contributed by atoms with Gasteiger partial charge in [0.1, 0.15) is 6.67 Å². The molecule has 0 rings (SSSR count). The first-order valence-electron chi connectivity index (χ1n) is 5.00. The van der Waals surface area contributed by atoms with Crippen LogP contribution in [0.2, 0.25) is 0 Å². The quantitative estimate of drug-likeness (QED) is 0.341. The summed E-state index contributed by atoms with van der Waals surface area (Å²) < 4.78 is 25.7. The molecule has 0 saturated heterocycles. The molecule has 0 aromatic carbocycles. The van der Waals surface area contributed by atoms with Crippen LogP contribution in [0.5, 0.6) is 0 Å². The Kier molecular flexibility index (Phi) is 8.34. The molecule has 0 amide bonds. The number of methoxy groups -OCH3 is 2. The Bertz CT molecular complexity index is 328. The molecule has 0 bridgehead atoms. The van der Waals surface area contributed by atoms with Gasteiger partial charge >= 0.3 is 11.9 Å². The number of halogens is 1. The second kappa shape index (κ2) is 9.26. The zero-order chi connectivity index (χ0) is 14.0. The molecule has 2 atom stereocenters. The average molecular weight is 263 g/mol. The Morgan fingerprint density at radius 2 is 1.89 bits per heavy atom. The Morgan fingerprint density at radius 1 is 1.28 bits per heavy atom. The highest BCUT2D eigenvalue weighted by Crippen LogP contribution is 2.09. The highest BCUT2D eigenvalue weighted by atomic mass is 19.1. The van der Waals surface area contributed by atoms with E-state index in [0.29, 0.717) is 0 Å². The number of rotatable bonds is 8. The minimum Gasteiger partial charge on any atom is -0.467 e. The van der Waals surface area contributed by atoms with Crippen molar-refractivity contribution in [3.63, 3.8) is 0 Å². The summed E-state index contributed by atoms with van der Waals surface area (Å²) in [4.78, 5) is 35.9. The molecule has 0 fully saturated rings. The molecule has 0 aliphatic rings. The molecule has 102 valence electrons. The average Bonchev–Trinajstić information content (AvgIpc) is 2.40. The number of nitrogens with zero attached hydrogens (tertiary/aromatic N) is 1. The van der Waals surface area contributed by atoms with E-state index < -0.39 is 30.8 Å². The Labute approximate surface area is 103 Å². The van der Waals surface area contributed by atoms with E-state index in [-0.39, 0.29) is 13.0 Å². The zero-order valence-electron chi connectivity index (χ0n) is 10.1. The van der Waals surface area contributed by atoms with Gasteiger partial charge in [-0.25, -0.2) is 18.8 Å². The van der Waals surface area contributed by atoms with Crippen molar-refractivity contribution in [3.8, 4) is 0 Å². The van der Waals surface area contributed by atoms with Gasteiger partial charge in [0.2, 0.25) is 6.08 Å². The molecule has 18 heavy (non-hydrogen) atoms. The summed E-state index contributed by atoms with van der Waals surface area (Å²) in [5, 5.41) is 0. The van der Waals surface area contributed by atoms with Gasteiger partial charge in [-0.3, -0.25) is 0 Å². The monoisotopic (exact) mass is 263 g/mol. The molecule has 8 heteroatoms. The number of esters is 2. The molecule has 0 radical (unpaired) electrons. The van der Waals surface area contributed by atoms with Gasteiger partial charge < -0.3 is 14.2 Å². The molecule has 0 aromatic heterocycles. The third kappa shape index (κ3) is 5.51. The van der Waals surface area contributed by atoms with Crippen molar-refractivity contribution >= 4 is 18.0 Å². The second-order valence-electron chi connectivity index (χ2n) is 3.07. The predicted molar refractivity (Wildman–Crippen MR) is 56.3 cm³/mol. The molecule has 0 spiro atoms. The van der Waals surface area contributed by atoms with Gasteiger partial charge in [-0.15, -0.1) is 0 Å². The minimum absolute atomic E-state index is 0.283. The predicted octanol–water partition coefficient (Wildman–Crippen LogP) is -0.218. The van der Waals surface area contributed by atoms with E-state index in [1.807, 2.05) is 0 Å². The lowest BCUT2D eigenvalue weighted by molar-refractivity contribution is -0.156. The number of carbonyl (C=O) groups excluding carboxylic acids is 3. The van der Waals surface area contributed by atoms with Crippen LogP contribution in [0.1, 0.15) is 6.42 Å². The van der Waals surface area contributed by atoms with Crippen molar-refractivity contribution in [3.05, 3.63) is 0 Å². The number of ether oxygens (including phenoxy) is 3. The lowest BCUT2D eigenvalue weighted by Gasteiger charge is -2.17. The second-order valence-corrected chi connectivity index (χ2v) is 3.07. The number of hydrogen-bond donors (Lipinski definition) is 0. The summed E-state index contributed by atoms with van der Waals surface area (Å²) in [5.41, 5.74) is 0. The van der Waals surface area contributed by atoms with Gasteiger partial charge in [-0.05, 0) is 0 Å². The maximum absolute atomic E-state index is 12.0. The van der Waals surface area contributed by atoms with E-state index in [1.54, 1.807) is 0 Å². The van der Waals surface area contributed by atoms with Gasteiger partial charge in [-0.1, -0.05) is 0 Å². The van der Waals surface area contributed by atoms with Crippen LogP contribution in [0.4, 0.5) is 4.39 Å². The lowest BCUT2D eigenvalue weighted by atomic mass is 10.1. The van der Waals surface area contributed by atoms with E-state index in [2.05, 4.69) is 14.5 Å². The topological polar surface area (TPSA) is 91.3 Å². The van der Waals surface area contributed by atoms with Gasteiger partial charge in [0.25, 0.3) is 0 Å². The summed E-state index contributed by atoms with van der Waals surface area (Å²) >= 11 is 0. The van der Waals surface area contributed by atoms with E-state index in [9.17, 15) is 18.8 Å². The number of carbonyl (C=O) groups is 2. The summed E-state index contributed by atoms with van der Waals surface area (Å²) in [6.45, 7) is -1.13. The third-order valence-corrected chi connectivity index (χ3v) is 1.98. The summed E-state index contributed by atoms with van der Waals surface area (Å²) in [6.07, 6.45) is -0.291. The summed E-state index contributed by atoms with van der Waals surface area (Å²) in [5.74, 6) is -1.62. The number of isocyanates is 1. The summed E-state index contributed by atoms with van der Waals surface area (Å²) in [7, 11) is 2.22. The first-order chi connectivity index (χ1) is 8.60. The molecule has 0 N–H and O–H groups in total. The highest BCUT2D eigenvalue weighted by Gasteiger charge is 2.29. The standard InChI is InChI=1S/C10H14FNO6/c1-16-9(14)7(12-6-13)5-8(10(15)17-2)18-4-3-11/h7-8H,3-5H2,1-2H3. The first-order valence-corrected chi connectivity index (χ1v) is 5.00. The Morgan fingerprint density at radius 3 is 2.33 bits per heavy atom. The number of aliphatic imine (C=N–C) groups is 1. The van der Waals surface area contributed by atoms with E-state index in [1.165, 1.54) is 6.08 Å². The van der Waals surface area contributed by atoms with Gasteiger partial charge in [0.05, 0.1) is 20.8 Å². The zero-order valence-corrected chi connectivity index (χ0v) is 10.1. The fourth-order valence-electron chi connectivity index (χ4n) is 1.15. The SMILES string of the molecule is COC(=O)C(CC(OCCF)C(=O)OC)N=C=O. The molecule has 0 aliphatic carbocycles. The molecular formula is C10H14FNO6. The number of hydrogen-bond acceptors (Lipinski definition) is 7. The first kappa shape index (κ1) is 16.2. The minimum atomic E-state index is -1.24. The Balaban J connectivity index is 4.73. The largest absolute Gasteiger partial charge is 0.467 e. The van der Waals surface area contributed by atoms with Gasteiger partial charge in [-0.2, -0.15) is 4.99 Å². The maximum Gasteiger partial charge on any atom is 0.335 e. The lowest BCUT2D eigenvalue weighted by Crippen LogP contribution is -2.33. The van der Waals surface area contributed by atoms with Crippen molar-refractivity contribution < 1.29 is 33.0 Å². The van der Waals surface area contributed by atoms with Crippen molar-refractivity contribution in [2.75, 3.05) is 27.5 Å². The fraction of sp³-hybridized carbons (Fsp3) is 0.700. The van der Waals surface area contributed by atoms with Crippen LogP contribution in [-0.4, -0.2) is 57.7 Å². The molecule has 0 aromatic rings. The van der Waals surface area contributed by atoms with Crippen LogP contribution in [-0.2, 0) is 28.6 Å². The van der Waals surface area contributed by atoms with Crippen LogP contribution >= 0.6 is 0 Å². The molecule has 0 saturated carbocycles. The van der Waals surface area contributed by atoms with Crippen LogP contribution in [0.25, 0.3) is 0 Å². The van der Waals surface area contributed by atoms with E-state index in [4.69, 9.17) is 4.74 Å². The maximum atomic E-state index is 12.0. The highest BCUT2D eigenvalue weighted by molar-refractivity contribution is 5.80. The van der Waals surface area contributed by atoms with Crippen LogP contribution in [0.15, 0.2) is 4.99 Å². The van der Waals surface area contributed by atoms with Crippen molar-refractivity contribution in [2.24, 2.45) is 4.99 Å². The third-order valence-electron chi connectivity index (χ3n) is 1.98. The molecule has 7 nitrogen and oxygen atoms in total. The molecular weight excluding hydrogens is 249 g/mol. The van der Waals surface area contributed by atoms with Crippen LogP contribution < -0.4 is 0 Å². The molecule has 0 aliphatic heterocycles. The Hall–Kier alpha value is -1.79. The normalized spacial score (nSPS) is 13.1. The summed E-state index contributed by atoms with van der Waals surface area (Å²) in [6, 6.07) is -1.24. The fourth-order valence-corrected chi connectivity index (χ4v) is 1.15. The smallest absolute Gasteiger partial charge is 0.335 e. The van der Waals surface area contributed by atoms with Crippen LogP contribution in [0.3, 0.4) is 0 Å². The van der Waals surface area contributed by atoms with E-state index in [0.717, 1.165) is 14.2 Å². The van der Waals surface area contributed by atoms with Gasteiger partial charge in [0.15, 0.2) is 12.1 Å². The van der Waals surface area contributed by atoms with Crippen molar-refractivity contribution in [1.29, 1.82) is 0 Å². The molecule has 0 heterocycles. The van der Waals surface area contributed by atoms with E-state index >= 15 is 0 Å². The van der Waals surface area contributed by atoms with Gasteiger partial charge in [0, 0.05) is 6.42 Å².